The number of aliphatic imine (C=N–C) groups is 1. The minimum atomic E-state index is -0.370. The molecule has 1 atom stereocenters. The summed E-state index contributed by atoms with van der Waals surface area (Å²) >= 11 is 0. The molecule has 0 amide bonds. The fourth-order valence-electron chi connectivity index (χ4n) is 1.59. The molecule has 0 saturated heterocycles. The van der Waals surface area contributed by atoms with E-state index in [0.717, 1.165) is 17.8 Å². The first kappa shape index (κ1) is 13.9. The Morgan fingerprint density at radius 3 is 2.24 bits per heavy atom. The third-order valence-corrected chi connectivity index (χ3v) is 2.80. The van der Waals surface area contributed by atoms with Crippen molar-refractivity contribution in [2.24, 2.45) is 10.9 Å². The molecule has 0 bridgehead atoms. The van der Waals surface area contributed by atoms with Crippen molar-refractivity contribution in [1.82, 2.24) is 0 Å². The number of benzene rings is 1. The van der Waals surface area contributed by atoms with Gasteiger partial charge >= 0.3 is 0 Å². The van der Waals surface area contributed by atoms with Crippen molar-refractivity contribution in [2.75, 3.05) is 14.2 Å². The van der Waals surface area contributed by atoms with Gasteiger partial charge in [0.25, 0.3) is 0 Å². The Bertz CT molecular complexity index is 344. The number of nitrogens with zero attached hydrogens (tertiary/aromatic N) is 1. The van der Waals surface area contributed by atoms with Crippen LogP contribution in [0.25, 0.3) is 0 Å². The Morgan fingerprint density at radius 1 is 1.18 bits per heavy atom. The number of methoxy groups -OCH3 is 2. The first-order chi connectivity index (χ1) is 8.22. The summed E-state index contributed by atoms with van der Waals surface area (Å²) in [5, 5.41) is 0. The Morgan fingerprint density at radius 2 is 1.76 bits per heavy atom. The highest BCUT2D eigenvalue weighted by Gasteiger charge is 2.19. The Balaban J connectivity index is 3.01. The monoisotopic (exact) mass is 235 g/mol. The molecule has 0 aliphatic rings. The van der Waals surface area contributed by atoms with Crippen molar-refractivity contribution >= 4 is 11.4 Å². The van der Waals surface area contributed by atoms with Crippen molar-refractivity contribution < 1.29 is 9.47 Å². The minimum absolute atomic E-state index is 0.333. The molecule has 3 heteroatoms. The van der Waals surface area contributed by atoms with Crippen molar-refractivity contribution in [1.29, 1.82) is 0 Å². The summed E-state index contributed by atoms with van der Waals surface area (Å²) in [5.74, 6) is 0.333. The van der Waals surface area contributed by atoms with E-state index in [9.17, 15) is 0 Å². The van der Waals surface area contributed by atoms with Gasteiger partial charge in [0.1, 0.15) is 0 Å². The van der Waals surface area contributed by atoms with Crippen LogP contribution in [0.15, 0.2) is 35.3 Å². The Labute approximate surface area is 103 Å². The molecule has 0 N–H and O–H groups in total. The molecular formula is C14H21NO2. The van der Waals surface area contributed by atoms with Gasteiger partial charge in [0.15, 0.2) is 6.29 Å². The van der Waals surface area contributed by atoms with Gasteiger partial charge in [-0.2, -0.15) is 0 Å². The third-order valence-electron chi connectivity index (χ3n) is 2.80. The van der Waals surface area contributed by atoms with E-state index >= 15 is 0 Å². The number of ether oxygens (including phenoxy) is 2. The van der Waals surface area contributed by atoms with E-state index in [1.165, 1.54) is 0 Å². The highest BCUT2D eigenvalue weighted by atomic mass is 16.7. The highest BCUT2D eigenvalue weighted by Crippen LogP contribution is 2.17. The molecule has 1 aromatic rings. The van der Waals surface area contributed by atoms with Crippen LogP contribution >= 0.6 is 0 Å². The second-order valence-electron chi connectivity index (χ2n) is 3.98. The minimum Gasteiger partial charge on any atom is -0.351 e. The van der Waals surface area contributed by atoms with E-state index in [2.05, 4.69) is 18.8 Å². The van der Waals surface area contributed by atoms with E-state index in [4.69, 9.17) is 9.47 Å². The maximum absolute atomic E-state index is 5.30. The SMILES string of the molecule is CCC(C)C(=Nc1ccccc1)C(OC)OC. The van der Waals surface area contributed by atoms with Gasteiger partial charge in [-0.05, 0) is 24.5 Å². The Hall–Kier alpha value is -1.19. The van der Waals surface area contributed by atoms with E-state index < -0.39 is 0 Å². The normalized spacial score (nSPS) is 14.1. The van der Waals surface area contributed by atoms with Gasteiger partial charge in [-0.25, -0.2) is 0 Å². The molecule has 1 aromatic carbocycles. The van der Waals surface area contributed by atoms with Gasteiger partial charge in [0, 0.05) is 14.2 Å². The molecule has 94 valence electrons. The number of hydrogen-bond donors (Lipinski definition) is 0. The summed E-state index contributed by atoms with van der Waals surface area (Å²) in [7, 11) is 3.27. The largest absolute Gasteiger partial charge is 0.351 e. The molecule has 0 spiro atoms. The van der Waals surface area contributed by atoms with Gasteiger partial charge < -0.3 is 9.47 Å². The topological polar surface area (TPSA) is 30.8 Å². The zero-order chi connectivity index (χ0) is 12.7. The molecule has 1 unspecified atom stereocenters. The summed E-state index contributed by atoms with van der Waals surface area (Å²) in [5.41, 5.74) is 1.87. The average molecular weight is 235 g/mol. The second kappa shape index (κ2) is 7.20. The fourth-order valence-corrected chi connectivity index (χ4v) is 1.59. The quantitative estimate of drug-likeness (QED) is 0.558. The lowest BCUT2D eigenvalue weighted by Crippen LogP contribution is -2.30. The van der Waals surface area contributed by atoms with E-state index in [1.807, 2.05) is 30.3 Å². The van der Waals surface area contributed by atoms with Gasteiger partial charge in [0.2, 0.25) is 0 Å². The third kappa shape index (κ3) is 3.95. The van der Waals surface area contributed by atoms with Crippen LogP contribution in [0, 0.1) is 5.92 Å². The van der Waals surface area contributed by atoms with Crippen LogP contribution < -0.4 is 0 Å². The number of rotatable bonds is 6. The number of hydrogen-bond acceptors (Lipinski definition) is 3. The zero-order valence-corrected chi connectivity index (χ0v) is 11.0. The molecule has 0 aliphatic heterocycles. The molecule has 0 heterocycles. The van der Waals surface area contributed by atoms with Gasteiger partial charge in [-0.3, -0.25) is 4.99 Å². The highest BCUT2D eigenvalue weighted by molar-refractivity contribution is 5.91. The summed E-state index contributed by atoms with van der Waals surface area (Å²) in [4.78, 5) is 4.64. The molecule has 0 radical (unpaired) electrons. The van der Waals surface area contributed by atoms with Crippen LogP contribution in [0.4, 0.5) is 5.69 Å². The van der Waals surface area contributed by atoms with Crippen molar-refractivity contribution in [2.45, 2.75) is 26.6 Å². The van der Waals surface area contributed by atoms with Gasteiger partial charge in [-0.1, -0.05) is 32.0 Å². The average Bonchev–Trinajstić information content (AvgIpc) is 2.39. The van der Waals surface area contributed by atoms with Crippen molar-refractivity contribution in [3.63, 3.8) is 0 Å². The summed E-state index contributed by atoms with van der Waals surface area (Å²) in [6.45, 7) is 4.26. The first-order valence-corrected chi connectivity index (χ1v) is 5.92. The lowest BCUT2D eigenvalue weighted by atomic mass is 10.0. The predicted molar refractivity (Wildman–Crippen MR) is 70.8 cm³/mol. The van der Waals surface area contributed by atoms with Crippen LogP contribution in [0.5, 0.6) is 0 Å². The summed E-state index contributed by atoms with van der Waals surface area (Å²) in [6.07, 6.45) is 0.639. The van der Waals surface area contributed by atoms with Crippen LogP contribution in [0.1, 0.15) is 20.3 Å². The van der Waals surface area contributed by atoms with Crippen LogP contribution in [0.2, 0.25) is 0 Å². The van der Waals surface area contributed by atoms with E-state index in [0.29, 0.717) is 5.92 Å². The van der Waals surface area contributed by atoms with Crippen LogP contribution in [0.3, 0.4) is 0 Å². The van der Waals surface area contributed by atoms with Crippen molar-refractivity contribution in [3.05, 3.63) is 30.3 Å². The van der Waals surface area contributed by atoms with E-state index in [1.54, 1.807) is 14.2 Å². The maximum atomic E-state index is 5.30. The van der Waals surface area contributed by atoms with Crippen LogP contribution in [-0.2, 0) is 9.47 Å². The summed E-state index contributed by atoms with van der Waals surface area (Å²) < 4.78 is 10.6. The lowest BCUT2D eigenvalue weighted by Gasteiger charge is -2.20. The van der Waals surface area contributed by atoms with Gasteiger partial charge in [-0.15, -0.1) is 0 Å². The number of para-hydroxylation sites is 1. The molecule has 0 aromatic heterocycles. The summed E-state index contributed by atoms with van der Waals surface area (Å²) in [6, 6.07) is 9.88. The van der Waals surface area contributed by atoms with Crippen molar-refractivity contribution in [3.8, 4) is 0 Å². The smallest absolute Gasteiger partial charge is 0.196 e. The standard InChI is InChI=1S/C14H21NO2/c1-5-11(2)13(14(16-3)17-4)15-12-9-7-6-8-10-12/h6-11,14H,5H2,1-4H3. The molecule has 0 saturated carbocycles. The molecule has 0 fully saturated rings. The predicted octanol–water partition coefficient (Wildman–Crippen LogP) is 3.42. The molecular weight excluding hydrogens is 214 g/mol. The molecule has 0 aliphatic carbocycles. The fraction of sp³-hybridized carbons (Fsp3) is 0.500. The zero-order valence-electron chi connectivity index (χ0n) is 11.0. The van der Waals surface area contributed by atoms with Gasteiger partial charge in [0.05, 0.1) is 11.4 Å². The molecule has 17 heavy (non-hydrogen) atoms. The van der Waals surface area contributed by atoms with Crippen LogP contribution in [-0.4, -0.2) is 26.2 Å². The van der Waals surface area contributed by atoms with E-state index in [-0.39, 0.29) is 6.29 Å². The maximum Gasteiger partial charge on any atom is 0.196 e. The Kier molecular flexibility index (Phi) is 5.87. The second-order valence-corrected chi connectivity index (χ2v) is 3.98. The lowest BCUT2D eigenvalue weighted by molar-refractivity contribution is -0.0546. The first-order valence-electron chi connectivity index (χ1n) is 5.92. The molecule has 1 rings (SSSR count). The molecule has 3 nitrogen and oxygen atoms in total.